The maximum absolute atomic E-state index is 8.25. The van der Waals surface area contributed by atoms with Crippen molar-refractivity contribution in [1.29, 1.82) is 0 Å². The Hall–Kier alpha value is -1.63. The first-order valence-electron chi connectivity index (χ1n) is 6.88. The summed E-state index contributed by atoms with van der Waals surface area (Å²) in [6.07, 6.45) is 0.595. The first kappa shape index (κ1) is 11.5. The van der Waals surface area contributed by atoms with Crippen LogP contribution in [0.2, 0.25) is 0 Å². The Labute approximate surface area is 112 Å². The Balaban J connectivity index is 2.83. The number of hydrogen-bond acceptors (Lipinski definition) is 0. The van der Waals surface area contributed by atoms with E-state index in [2.05, 4.69) is 45.9 Å². The highest BCUT2D eigenvalue weighted by Gasteiger charge is 2.18. The molecule has 0 fully saturated rings. The lowest BCUT2D eigenvalue weighted by molar-refractivity contribution is -0.661. The number of benzene rings is 1. The van der Waals surface area contributed by atoms with Crippen LogP contribution >= 0.6 is 0 Å². The van der Waals surface area contributed by atoms with E-state index in [-0.39, 0.29) is 0 Å². The van der Waals surface area contributed by atoms with Crippen molar-refractivity contribution < 1.29 is 5.94 Å². The molecule has 0 saturated heterocycles. The van der Waals surface area contributed by atoms with Gasteiger partial charge in [0.25, 0.3) is 0 Å². The lowest BCUT2D eigenvalue weighted by atomic mass is 9.96. The summed E-state index contributed by atoms with van der Waals surface area (Å²) in [7, 11) is 1.98. The highest BCUT2D eigenvalue weighted by Crippen LogP contribution is 2.26. The van der Waals surface area contributed by atoms with Gasteiger partial charge in [-0.25, -0.2) is 4.57 Å². The van der Waals surface area contributed by atoms with Crippen LogP contribution in [-0.4, -0.2) is 0 Å². The van der Waals surface area contributed by atoms with Gasteiger partial charge in [-0.05, 0) is 51.8 Å². The van der Waals surface area contributed by atoms with Crippen molar-refractivity contribution in [2.24, 2.45) is 7.05 Å². The molecule has 0 bridgehead atoms. The number of aryl methyl sites for hydroxylation is 2. The van der Waals surface area contributed by atoms with E-state index < -0.39 is 0 Å². The highest BCUT2D eigenvalue weighted by molar-refractivity contribution is 5.66. The van der Waals surface area contributed by atoms with Crippen molar-refractivity contribution in [2.45, 2.75) is 34.6 Å². The lowest BCUT2D eigenvalue weighted by Gasteiger charge is -2.11. The van der Waals surface area contributed by atoms with E-state index >= 15 is 0 Å². The minimum absolute atomic E-state index is 0.595. The molecule has 0 aliphatic heterocycles. The summed E-state index contributed by atoms with van der Waals surface area (Å²) in [6.45, 7) is 10.5. The summed E-state index contributed by atoms with van der Waals surface area (Å²) >= 11 is 0. The third-order valence-electron chi connectivity index (χ3n) is 3.79. The summed E-state index contributed by atoms with van der Waals surface area (Å²) < 4.78 is 10.2. The van der Waals surface area contributed by atoms with E-state index in [1.165, 1.54) is 27.8 Å². The van der Waals surface area contributed by atoms with Crippen molar-refractivity contribution in [2.75, 3.05) is 0 Å². The Morgan fingerprint density at radius 3 is 2.22 bits per heavy atom. The second-order valence-corrected chi connectivity index (χ2v) is 5.21. The molecule has 1 aromatic heterocycles. The number of nitrogens with zero attached hydrogens (tertiary/aromatic N) is 1. The van der Waals surface area contributed by atoms with Gasteiger partial charge in [0.1, 0.15) is 8.42 Å². The molecule has 0 aliphatic rings. The molecule has 2 aromatic rings. The number of aromatic nitrogens is 1. The minimum atomic E-state index is 0.595. The third kappa shape index (κ3) is 2.05. The average Bonchev–Trinajstić information content (AvgIpc) is 2.37. The maximum Gasteiger partial charge on any atom is 0.215 e. The molecule has 0 unspecified atom stereocenters. The zero-order chi connectivity index (χ0) is 14.3. The van der Waals surface area contributed by atoms with Gasteiger partial charge in [-0.3, -0.25) is 0 Å². The summed E-state index contributed by atoms with van der Waals surface area (Å²) in [5, 5.41) is 0. The average molecular weight is 241 g/mol. The van der Waals surface area contributed by atoms with Gasteiger partial charge in [0.15, 0.2) is 6.17 Å². The monoisotopic (exact) mass is 241 g/mol. The molecule has 0 spiro atoms. The third-order valence-corrected chi connectivity index (χ3v) is 3.79. The largest absolute Gasteiger partial charge is 0.215 e. The number of hydrogen-bond donors (Lipinski definition) is 0. The lowest BCUT2D eigenvalue weighted by Crippen LogP contribution is -2.33. The van der Waals surface area contributed by atoms with Crippen molar-refractivity contribution >= 4 is 0 Å². The standard InChI is InChI=1S/C17H22N/c1-11-7-8-16(12(2)9-11)17-15(5)14(4)13(3)10-18(17)6/h7-10H,1-6H3/q+1/i10D. The number of rotatable bonds is 1. The van der Waals surface area contributed by atoms with Gasteiger partial charge < -0.3 is 0 Å². The smallest absolute Gasteiger partial charge is 0.201 e. The Kier molecular flexibility index (Phi) is 2.91. The van der Waals surface area contributed by atoms with Gasteiger partial charge in [0, 0.05) is 16.7 Å². The molecule has 0 radical (unpaired) electrons. The summed E-state index contributed by atoms with van der Waals surface area (Å²) in [4.78, 5) is 0. The van der Waals surface area contributed by atoms with Crippen molar-refractivity contribution in [3.8, 4) is 11.3 Å². The van der Waals surface area contributed by atoms with Crippen LogP contribution in [0.25, 0.3) is 11.3 Å². The van der Waals surface area contributed by atoms with Gasteiger partial charge in [0.2, 0.25) is 5.69 Å². The second-order valence-electron chi connectivity index (χ2n) is 5.21. The van der Waals surface area contributed by atoms with Crippen LogP contribution in [0.1, 0.15) is 29.2 Å². The van der Waals surface area contributed by atoms with E-state index in [0.717, 1.165) is 11.3 Å². The van der Waals surface area contributed by atoms with Crippen LogP contribution in [0.5, 0.6) is 0 Å². The van der Waals surface area contributed by atoms with Crippen LogP contribution in [0, 0.1) is 34.6 Å². The van der Waals surface area contributed by atoms with E-state index in [1.54, 1.807) is 0 Å². The predicted molar refractivity (Wildman–Crippen MR) is 76.7 cm³/mol. The first-order valence-corrected chi connectivity index (χ1v) is 6.38. The predicted octanol–water partition coefficient (Wildman–Crippen LogP) is 3.72. The molecule has 0 N–H and O–H groups in total. The molecule has 1 heteroatoms. The van der Waals surface area contributed by atoms with Crippen LogP contribution in [-0.2, 0) is 7.05 Å². The van der Waals surface area contributed by atoms with Gasteiger partial charge >= 0.3 is 0 Å². The molecule has 0 saturated carbocycles. The van der Waals surface area contributed by atoms with Crippen molar-refractivity contribution in [3.63, 3.8) is 0 Å². The fraction of sp³-hybridized carbons (Fsp3) is 0.353. The van der Waals surface area contributed by atoms with E-state index in [0.29, 0.717) is 6.17 Å². The molecule has 18 heavy (non-hydrogen) atoms. The van der Waals surface area contributed by atoms with E-state index in [9.17, 15) is 0 Å². The van der Waals surface area contributed by atoms with Crippen LogP contribution in [0.3, 0.4) is 0 Å². The zero-order valence-corrected chi connectivity index (χ0v) is 12.2. The van der Waals surface area contributed by atoms with E-state index in [4.69, 9.17) is 1.37 Å². The van der Waals surface area contributed by atoms with E-state index in [1.807, 2.05) is 18.5 Å². The molecule has 1 heterocycles. The quantitative estimate of drug-likeness (QED) is 0.670. The van der Waals surface area contributed by atoms with Gasteiger partial charge in [0.05, 0.1) is 0 Å². The summed E-state index contributed by atoms with van der Waals surface area (Å²) in [6, 6.07) is 6.51. The first-order chi connectivity index (χ1) is 8.84. The Morgan fingerprint density at radius 2 is 1.61 bits per heavy atom. The molecule has 94 valence electrons. The van der Waals surface area contributed by atoms with Crippen LogP contribution in [0.4, 0.5) is 0 Å². The topological polar surface area (TPSA) is 3.88 Å². The Bertz CT molecular complexity index is 628. The molecule has 0 amide bonds. The maximum atomic E-state index is 8.25. The van der Waals surface area contributed by atoms with Crippen molar-refractivity contribution in [1.82, 2.24) is 0 Å². The fourth-order valence-corrected chi connectivity index (χ4v) is 2.56. The second kappa shape index (κ2) is 4.56. The van der Waals surface area contributed by atoms with Crippen molar-refractivity contribution in [3.05, 3.63) is 52.2 Å². The highest BCUT2D eigenvalue weighted by atomic mass is 14.9. The normalized spacial score (nSPS) is 11.6. The van der Waals surface area contributed by atoms with Gasteiger partial charge in [-0.1, -0.05) is 17.7 Å². The molecule has 2 rings (SSSR count). The Morgan fingerprint density at radius 1 is 0.944 bits per heavy atom. The molecule has 1 nitrogen and oxygen atoms in total. The zero-order valence-electron chi connectivity index (χ0n) is 13.2. The molecular weight excluding hydrogens is 218 g/mol. The minimum Gasteiger partial charge on any atom is -0.201 e. The fourth-order valence-electron chi connectivity index (χ4n) is 2.56. The SMILES string of the molecule is [2H]c1c(C)c(C)c(C)c(-c2ccc(C)cc2C)[n+]1C. The number of pyridine rings is 1. The molecular formula is C17H22N+. The van der Waals surface area contributed by atoms with Gasteiger partial charge in [-0.2, -0.15) is 0 Å². The van der Waals surface area contributed by atoms with Crippen LogP contribution in [0.15, 0.2) is 24.4 Å². The van der Waals surface area contributed by atoms with Crippen LogP contribution < -0.4 is 4.57 Å². The molecule has 0 atom stereocenters. The van der Waals surface area contributed by atoms with Gasteiger partial charge in [-0.15, -0.1) is 0 Å². The molecule has 1 aromatic carbocycles. The molecule has 0 aliphatic carbocycles. The summed E-state index contributed by atoms with van der Waals surface area (Å²) in [5.74, 6) is 0. The summed E-state index contributed by atoms with van der Waals surface area (Å²) in [5.41, 5.74) is 8.47.